The van der Waals surface area contributed by atoms with Gasteiger partial charge in [0.05, 0.1) is 19.8 Å². The number of aliphatic hydroxyl groups is 11. The van der Waals surface area contributed by atoms with Crippen LogP contribution in [-0.4, -0.2) is 168 Å². The molecule has 11 N–H and O–H groups in total. The first kappa shape index (κ1) is 27.9. The van der Waals surface area contributed by atoms with Crippen LogP contribution >= 0.6 is 0 Å². The Morgan fingerprint density at radius 2 is 0.853 bits per heavy atom. The van der Waals surface area contributed by atoms with Gasteiger partial charge in [0.2, 0.25) is 0 Å². The zero-order chi connectivity index (χ0) is 25.3. The Kier molecular flexibility index (Phi) is 9.54. The topological polar surface area (TPSA) is 269 Å². The summed E-state index contributed by atoms with van der Waals surface area (Å²) in [7, 11) is 0. The van der Waals surface area contributed by atoms with E-state index in [1.165, 1.54) is 0 Å². The largest absolute Gasteiger partial charge is 0.394 e. The van der Waals surface area contributed by atoms with E-state index in [0.717, 1.165) is 0 Å². The fraction of sp³-hybridized carbons (Fsp3) is 1.00. The van der Waals surface area contributed by atoms with Gasteiger partial charge in [-0.15, -0.1) is 0 Å². The molecule has 200 valence electrons. The standard InChI is InChI=1S/C18H32O16/c19-1-4-7(22)8(23)12(27)17(31-4)34-15-6(3-21)32-18(13(28)10(15)25)33-14-5(2-20)30-16(29)11(26)9(14)24/h4-29H,1-3H2/t4-,5-,6-,7-,8+,9-,10-,11+,12+,13-,14-,15-,16+,17+,18+/m1/s1. The third-order valence-electron chi connectivity index (χ3n) is 6.09. The van der Waals surface area contributed by atoms with Crippen molar-refractivity contribution in [2.24, 2.45) is 0 Å². The molecule has 3 heterocycles. The van der Waals surface area contributed by atoms with Crippen LogP contribution in [0.2, 0.25) is 0 Å². The zero-order valence-electron chi connectivity index (χ0n) is 17.7. The molecule has 3 saturated heterocycles. The van der Waals surface area contributed by atoms with Crippen molar-refractivity contribution in [1.29, 1.82) is 0 Å². The van der Waals surface area contributed by atoms with Crippen molar-refractivity contribution in [1.82, 2.24) is 0 Å². The molecule has 3 aliphatic rings. The van der Waals surface area contributed by atoms with Gasteiger partial charge < -0.3 is 79.9 Å². The van der Waals surface area contributed by atoms with Crippen LogP contribution in [-0.2, 0) is 23.7 Å². The molecule has 0 aromatic rings. The molecule has 0 unspecified atom stereocenters. The van der Waals surface area contributed by atoms with Gasteiger partial charge in [0, 0.05) is 0 Å². The van der Waals surface area contributed by atoms with Crippen LogP contribution in [0, 0.1) is 0 Å². The highest BCUT2D eigenvalue weighted by molar-refractivity contribution is 4.96. The summed E-state index contributed by atoms with van der Waals surface area (Å²) in [6, 6.07) is 0. The van der Waals surface area contributed by atoms with Crippen LogP contribution < -0.4 is 0 Å². The van der Waals surface area contributed by atoms with E-state index >= 15 is 0 Å². The molecule has 0 saturated carbocycles. The molecule has 3 fully saturated rings. The van der Waals surface area contributed by atoms with Crippen molar-refractivity contribution < 1.29 is 79.9 Å². The Balaban J connectivity index is 1.72. The van der Waals surface area contributed by atoms with Gasteiger partial charge in [-0.3, -0.25) is 0 Å². The lowest BCUT2D eigenvalue weighted by Gasteiger charge is -2.47. The predicted octanol–water partition coefficient (Wildman–Crippen LogP) is -7.57. The molecule has 16 nitrogen and oxygen atoms in total. The van der Waals surface area contributed by atoms with Crippen molar-refractivity contribution in [3.05, 3.63) is 0 Å². The van der Waals surface area contributed by atoms with Gasteiger partial charge in [-0.2, -0.15) is 0 Å². The fourth-order valence-electron chi connectivity index (χ4n) is 4.06. The molecular formula is C18H32O16. The minimum absolute atomic E-state index is 0.741. The summed E-state index contributed by atoms with van der Waals surface area (Å²) in [5, 5.41) is 109. The monoisotopic (exact) mass is 504 g/mol. The number of ether oxygens (including phenoxy) is 5. The highest BCUT2D eigenvalue weighted by Crippen LogP contribution is 2.32. The maximum Gasteiger partial charge on any atom is 0.187 e. The predicted molar refractivity (Wildman–Crippen MR) is 101 cm³/mol. The van der Waals surface area contributed by atoms with Gasteiger partial charge >= 0.3 is 0 Å². The minimum Gasteiger partial charge on any atom is -0.394 e. The SMILES string of the molecule is OC[C@H]1O[C@@H](O[C@H]2[C@H](O)[C@@H](O)[C@H](O[C@H]3[C@H](O)[C@H](O)[C@@H](O)O[C@@H]3CO)O[C@@H]2CO)[C@@H](O)[C@@H](O)[C@@H]1O. The molecule has 0 bridgehead atoms. The van der Waals surface area contributed by atoms with E-state index < -0.39 is 112 Å². The lowest BCUT2D eigenvalue weighted by Crippen LogP contribution is -2.66. The maximum atomic E-state index is 10.6. The Labute approximate surface area is 192 Å². The molecule has 3 rings (SSSR count). The molecule has 3 aliphatic heterocycles. The lowest BCUT2D eigenvalue weighted by atomic mass is 9.96. The Bertz CT molecular complexity index is 635. The Morgan fingerprint density at radius 3 is 1.35 bits per heavy atom. The number of aliphatic hydroxyl groups excluding tert-OH is 11. The first-order valence-electron chi connectivity index (χ1n) is 10.6. The lowest BCUT2D eigenvalue weighted by molar-refractivity contribution is -0.377. The average Bonchev–Trinajstić information content (AvgIpc) is 2.83. The minimum atomic E-state index is -1.91. The first-order valence-corrected chi connectivity index (χ1v) is 10.6. The molecule has 0 aliphatic carbocycles. The molecule has 0 spiro atoms. The fourth-order valence-corrected chi connectivity index (χ4v) is 4.06. The number of hydrogen-bond acceptors (Lipinski definition) is 16. The van der Waals surface area contributed by atoms with E-state index in [1.807, 2.05) is 0 Å². The maximum absolute atomic E-state index is 10.6. The quantitative estimate of drug-likeness (QED) is 0.154. The van der Waals surface area contributed by atoms with E-state index in [-0.39, 0.29) is 0 Å². The summed E-state index contributed by atoms with van der Waals surface area (Å²) < 4.78 is 26.4. The van der Waals surface area contributed by atoms with E-state index in [9.17, 15) is 56.2 Å². The highest BCUT2D eigenvalue weighted by atomic mass is 16.8. The van der Waals surface area contributed by atoms with Crippen molar-refractivity contribution in [2.75, 3.05) is 19.8 Å². The second-order valence-electron chi connectivity index (χ2n) is 8.33. The Morgan fingerprint density at radius 1 is 0.441 bits per heavy atom. The summed E-state index contributed by atoms with van der Waals surface area (Å²) >= 11 is 0. The van der Waals surface area contributed by atoms with E-state index in [2.05, 4.69) is 0 Å². The molecular weight excluding hydrogens is 472 g/mol. The zero-order valence-corrected chi connectivity index (χ0v) is 17.7. The summed E-state index contributed by atoms with van der Waals surface area (Å²) in [6.45, 7) is -2.32. The first-order chi connectivity index (χ1) is 16.0. The summed E-state index contributed by atoms with van der Waals surface area (Å²) in [4.78, 5) is 0. The summed E-state index contributed by atoms with van der Waals surface area (Å²) in [6.07, 6.45) is -25.1. The van der Waals surface area contributed by atoms with Crippen molar-refractivity contribution >= 4 is 0 Å². The van der Waals surface area contributed by atoms with Crippen LogP contribution in [0.15, 0.2) is 0 Å². The normalized spacial score (nSPS) is 52.5. The highest BCUT2D eigenvalue weighted by Gasteiger charge is 2.53. The summed E-state index contributed by atoms with van der Waals surface area (Å²) in [5.41, 5.74) is 0. The van der Waals surface area contributed by atoms with Crippen LogP contribution in [0.1, 0.15) is 0 Å². The molecule has 34 heavy (non-hydrogen) atoms. The van der Waals surface area contributed by atoms with Gasteiger partial charge in [-0.05, 0) is 0 Å². The van der Waals surface area contributed by atoms with E-state index in [4.69, 9.17) is 23.7 Å². The third kappa shape index (κ3) is 5.37. The number of rotatable bonds is 7. The molecule has 0 radical (unpaired) electrons. The smallest absolute Gasteiger partial charge is 0.187 e. The van der Waals surface area contributed by atoms with Crippen molar-refractivity contribution in [2.45, 2.75) is 92.1 Å². The number of hydrogen-bond donors (Lipinski definition) is 11. The second kappa shape index (κ2) is 11.6. The van der Waals surface area contributed by atoms with Gasteiger partial charge in [-0.1, -0.05) is 0 Å². The Hall–Kier alpha value is -0.640. The van der Waals surface area contributed by atoms with E-state index in [1.54, 1.807) is 0 Å². The molecule has 16 heteroatoms. The molecule has 0 amide bonds. The molecule has 0 aromatic heterocycles. The van der Waals surface area contributed by atoms with Crippen LogP contribution in [0.25, 0.3) is 0 Å². The van der Waals surface area contributed by atoms with Crippen LogP contribution in [0.4, 0.5) is 0 Å². The van der Waals surface area contributed by atoms with Gasteiger partial charge in [0.25, 0.3) is 0 Å². The summed E-state index contributed by atoms with van der Waals surface area (Å²) in [5.74, 6) is 0. The van der Waals surface area contributed by atoms with Crippen LogP contribution in [0.5, 0.6) is 0 Å². The van der Waals surface area contributed by atoms with Crippen molar-refractivity contribution in [3.8, 4) is 0 Å². The van der Waals surface area contributed by atoms with Crippen molar-refractivity contribution in [3.63, 3.8) is 0 Å². The molecule has 0 aromatic carbocycles. The second-order valence-corrected chi connectivity index (χ2v) is 8.33. The third-order valence-corrected chi connectivity index (χ3v) is 6.09. The average molecular weight is 504 g/mol. The van der Waals surface area contributed by atoms with E-state index in [0.29, 0.717) is 0 Å². The van der Waals surface area contributed by atoms with Gasteiger partial charge in [0.1, 0.15) is 73.2 Å². The van der Waals surface area contributed by atoms with Gasteiger partial charge in [-0.25, -0.2) is 0 Å². The van der Waals surface area contributed by atoms with Crippen LogP contribution in [0.3, 0.4) is 0 Å². The van der Waals surface area contributed by atoms with Gasteiger partial charge in [0.15, 0.2) is 18.9 Å². The molecule has 15 atom stereocenters.